The number of hydrogen-bond acceptors (Lipinski definition) is 3. The number of methoxy groups -OCH3 is 1. The molecule has 2 aromatic rings. The number of para-hydroxylation sites is 1. The van der Waals surface area contributed by atoms with Gasteiger partial charge in [0.25, 0.3) is 0 Å². The Balaban J connectivity index is 2.07. The summed E-state index contributed by atoms with van der Waals surface area (Å²) >= 11 is 1.77. The molecule has 0 aliphatic carbocycles. The first kappa shape index (κ1) is 16.1. The van der Waals surface area contributed by atoms with Gasteiger partial charge in [0.05, 0.1) is 7.11 Å². The topological polar surface area (TPSA) is 21.3 Å². The standard InChI is InChI=1S/C18H25NOS/c1-14(2)19-12-16(10-15-8-9-21-13-15)11-17-6-4-5-7-18(17)20-3/h4-9,13-14,16,19H,10-12H2,1-3H3. The monoisotopic (exact) mass is 303 g/mol. The number of hydrogen-bond donors (Lipinski definition) is 1. The molecule has 2 rings (SSSR count). The molecule has 1 atom stereocenters. The minimum absolute atomic E-state index is 0.521. The van der Waals surface area contributed by atoms with Crippen molar-refractivity contribution in [3.63, 3.8) is 0 Å². The van der Waals surface area contributed by atoms with Crippen molar-refractivity contribution in [2.24, 2.45) is 5.92 Å². The van der Waals surface area contributed by atoms with Crippen molar-refractivity contribution in [2.45, 2.75) is 32.7 Å². The molecule has 0 spiro atoms. The van der Waals surface area contributed by atoms with Gasteiger partial charge in [-0.1, -0.05) is 32.0 Å². The predicted octanol–water partition coefficient (Wildman–Crippen LogP) is 4.16. The van der Waals surface area contributed by atoms with Crippen molar-refractivity contribution in [3.8, 4) is 5.75 Å². The lowest BCUT2D eigenvalue weighted by molar-refractivity contribution is 0.397. The van der Waals surface area contributed by atoms with Crippen molar-refractivity contribution in [3.05, 3.63) is 52.2 Å². The third kappa shape index (κ3) is 5.18. The highest BCUT2D eigenvalue weighted by molar-refractivity contribution is 7.07. The summed E-state index contributed by atoms with van der Waals surface area (Å²) in [7, 11) is 1.75. The molecule has 0 aliphatic rings. The van der Waals surface area contributed by atoms with Gasteiger partial charge in [0, 0.05) is 6.04 Å². The summed E-state index contributed by atoms with van der Waals surface area (Å²) in [5.41, 5.74) is 2.73. The average Bonchev–Trinajstić information content (AvgIpc) is 2.98. The molecule has 0 saturated carbocycles. The highest BCUT2D eigenvalue weighted by atomic mass is 32.1. The Morgan fingerprint density at radius 3 is 2.62 bits per heavy atom. The first-order chi connectivity index (χ1) is 10.2. The summed E-state index contributed by atoms with van der Waals surface area (Å²) in [6.45, 7) is 5.43. The molecule has 0 amide bonds. The van der Waals surface area contributed by atoms with E-state index in [2.05, 4.69) is 48.1 Å². The third-order valence-electron chi connectivity index (χ3n) is 3.62. The molecule has 114 valence electrons. The Morgan fingerprint density at radius 2 is 1.95 bits per heavy atom. The maximum Gasteiger partial charge on any atom is 0.122 e. The molecule has 21 heavy (non-hydrogen) atoms. The van der Waals surface area contributed by atoms with Gasteiger partial charge in [-0.3, -0.25) is 0 Å². The number of thiophene rings is 1. The first-order valence-electron chi connectivity index (χ1n) is 7.55. The highest BCUT2D eigenvalue weighted by Crippen LogP contribution is 2.23. The average molecular weight is 303 g/mol. The van der Waals surface area contributed by atoms with Gasteiger partial charge in [0.2, 0.25) is 0 Å². The molecule has 0 aliphatic heterocycles. The summed E-state index contributed by atoms with van der Waals surface area (Å²) in [6, 6.07) is 11.1. The van der Waals surface area contributed by atoms with E-state index < -0.39 is 0 Å². The highest BCUT2D eigenvalue weighted by Gasteiger charge is 2.14. The molecular weight excluding hydrogens is 278 g/mol. The quantitative estimate of drug-likeness (QED) is 0.791. The van der Waals surface area contributed by atoms with Crippen molar-refractivity contribution >= 4 is 11.3 Å². The third-order valence-corrected chi connectivity index (χ3v) is 4.35. The molecule has 1 aromatic carbocycles. The predicted molar refractivity (Wildman–Crippen MR) is 91.3 cm³/mol. The number of ether oxygens (including phenoxy) is 1. The summed E-state index contributed by atoms with van der Waals surface area (Å²) < 4.78 is 5.49. The largest absolute Gasteiger partial charge is 0.496 e. The summed E-state index contributed by atoms with van der Waals surface area (Å²) in [4.78, 5) is 0. The molecule has 0 saturated heterocycles. The van der Waals surface area contributed by atoms with Gasteiger partial charge < -0.3 is 10.1 Å². The summed E-state index contributed by atoms with van der Waals surface area (Å²) in [6.07, 6.45) is 2.15. The second-order valence-electron chi connectivity index (χ2n) is 5.78. The van der Waals surface area contributed by atoms with Gasteiger partial charge in [-0.15, -0.1) is 0 Å². The van der Waals surface area contributed by atoms with Crippen LogP contribution in [0.4, 0.5) is 0 Å². The minimum atomic E-state index is 0.521. The fraction of sp³-hybridized carbons (Fsp3) is 0.444. The van der Waals surface area contributed by atoms with Gasteiger partial charge in [-0.2, -0.15) is 11.3 Å². The van der Waals surface area contributed by atoms with E-state index in [1.165, 1.54) is 11.1 Å². The molecule has 1 N–H and O–H groups in total. The second kappa shape index (κ2) is 8.20. The SMILES string of the molecule is COc1ccccc1CC(CNC(C)C)Cc1ccsc1. The van der Waals surface area contributed by atoms with Crippen LogP contribution in [0.2, 0.25) is 0 Å². The van der Waals surface area contributed by atoms with Gasteiger partial charge in [-0.25, -0.2) is 0 Å². The Kier molecular flexibility index (Phi) is 6.27. The number of rotatable bonds is 8. The molecule has 1 heterocycles. The van der Waals surface area contributed by atoms with E-state index >= 15 is 0 Å². The van der Waals surface area contributed by atoms with Crippen molar-refractivity contribution in [1.29, 1.82) is 0 Å². The molecule has 1 unspecified atom stereocenters. The van der Waals surface area contributed by atoms with E-state index in [1.807, 2.05) is 12.1 Å². The molecular formula is C18H25NOS. The Hall–Kier alpha value is -1.32. The van der Waals surface area contributed by atoms with Crippen LogP contribution in [0.1, 0.15) is 25.0 Å². The van der Waals surface area contributed by atoms with E-state index in [9.17, 15) is 0 Å². The van der Waals surface area contributed by atoms with Crippen LogP contribution in [0.15, 0.2) is 41.1 Å². The zero-order chi connectivity index (χ0) is 15.1. The molecule has 0 fully saturated rings. The Morgan fingerprint density at radius 1 is 1.14 bits per heavy atom. The molecule has 2 nitrogen and oxygen atoms in total. The molecule has 0 radical (unpaired) electrons. The Labute approximate surface area is 132 Å². The van der Waals surface area contributed by atoms with Gasteiger partial charge in [0.15, 0.2) is 0 Å². The zero-order valence-electron chi connectivity index (χ0n) is 13.1. The minimum Gasteiger partial charge on any atom is -0.496 e. The maximum atomic E-state index is 5.49. The van der Waals surface area contributed by atoms with Crippen LogP contribution in [0.5, 0.6) is 5.75 Å². The Bertz CT molecular complexity index is 522. The van der Waals surface area contributed by atoms with Gasteiger partial charge in [-0.05, 0) is 59.3 Å². The summed E-state index contributed by atoms with van der Waals surface area (Å²) in [5, 5.41) is 7.99. The lowest BCUT2D eigenvalue weighted by Gasteiger charge is -2.20. The fourth-order valence-corrected chi connectivity index (χ4v) is 3.23. The fourth-order valence-electron chi connectivity index (χ4n) is 2.54. The normalized spacial score (nSPS) is 12.6. The first-order valence-corrected chi connectivity index (χ1v) is 8.49. The van der Waals surface area contributed by atoms with E-state index in [0.29, 0.717) is 12.0 Å². The maximum absolute atomic E-state index is 5.49. The molecule has 0 bridgehead atoms. The smallest absolute Gasteiger partial charge is 0.122 e. The van der Waals surface area contributed by atoms with Crippen LogP contribution in [0.3, 0.4) is 0 Å². The summed E-state index contributed by atoms with van der Waals surface area (Å²) in [5.74, 6) is 1.58. The van der Waals surface area contributed by atoms with E-state index in [0.717, 1.165) is 25.1 Å². The molecule has 1 aromatic heterocycles. The lowest BCUT2D eigenvalue weighted by atomic mass is 9.93. The van der Waals surface area contributed by atoms with Gasteiger partial charge >= 0.3 is 0 Å². The van der Waals surface area contributed by atoms with Crippen LogP contribution in [-0.2, 0) is 12.8 Å². The second-order valence-corrected chi connectivity index (χ2v) is 6.56. The van der Waals surface area contributed by atoms with Crippen molar-refractivity contribution < 1.29 is 4.74 Å². The van der Waals surface area contributed by atoms with E-state index in [1.54, 1.807) is 18.4 Å². The van der Waals surface area contributed by atoms with Crippen LogP contribution >= 0.6 is 11.3 Å². The van der Waals surface area contributed by atoms with E-state index in [-0.39, 0.29) is 0 Å². The number of benzene rings is 1. The molecule has 3 heteroatoms. The van der Waals surface area contributed by atoms with Crippen molar-refractivity contribution in [2.75, 3.05) is 13.7 Å². The lowest BCUT2D eigenvalue weighted by Crippen LogP contribution is -2.31. The van der Waals surface area contributed by atoms with E-state index in [4.69, 9.17) is 4.74 Å². The zero-order valence-corrected chi connectivity index (χ0v) is 14.0. The van der Waals surface area contributed by atoms with Crippen LogP contribution in [-0.4, -0.2) is 19.7 Å². The van der Waals surface area contributed by atoms with Crippen LogP contribution in [0, 0.1) is 5.92 Å². The number of nitrogens with one attached hydrogen (secondary N) is 1. The van der Waals surface area contributed by atoms with Crippen LogP contribution < -0.4 is 10.1 Å². The van der Waals surface area contributed by atoms with Crippen LogP contribution in [0.25, 0.3) is 0 Å². The van der Waals surface area contributed by atoms with Gasteiger partial charge in [0.1, 0.15) is 5.75 Å². The van der Waals surface area contributed by atoms with Crippen molar-refractivity contribution in [1.82, 2.24) is 5.32 Å².